The first-order valence-corrected chi connectivity index (χ1v) is 11.5. The summed E-state index contributed by atoms with van der Waals surface area (Å²) >= 11 is 0. The predicted molar refractivity (Wildman–Crippen MR) is 110 cm³/mol. The van der Waals surface area contributed by atoms with Gasteiger partial charge in [0.05, 0.1) is 11.5 Å². The number of benzene rings is 2. The Morgan fingerprint density at radius 2 is 1.15 bits per heavy atom. The lowest BCUT2D eigenvalue weighted by Gasteiger charge is -2.10. The molecule has 27 heavy (non-hydrogen) atoms. The Morgan fingerprint density at radius 1 is 0.741 bits per heavy atom. The molecule has 0 aliphatic heterocycles. The molecule has 0 saturated heterocycles. The fourth-order valence-electron chi connectivity index (χ4n) is 3.15. The zero-order chi connectivity index (χ0) is 19.9. The van der Waals surface area contributed by atoms with Gasteiger partial charge < -0.3 is 10.2 Å². The Labute approximate surface area is 162 Å². The summed E-state index contributed by atoms with van der Waals surface area (Å²) < 4.78 is 25.3. The molecule has 0 radical (unpaired) electrons. The summed E-state index contributed by atoms with van der Waals surface area (Å²) in [6.45, 7) is 4.16. The summed E-state index contributed by atoms with van der Waals surface area (Å²) in [7, 11) is -3.35. The zero-order valence-electron chi connectivity index (χ0n) is 16.2. The smallest absolute Gasteiger partial charge is 0.158 e. The van der Waals surface area contributed by atoms with Crippen LogP contribution in [0.2, 0.25) is 0 Å². The predicted octanol–water partition coefficient (Wildman–Crippen LogP) is 4.90. The van der Waals surface area contributed by atoms with Gasteiger partial charge in [0.25, 0.3) is 0 Å². The quantitative estimate of drug-likeness (QED) is 0.605. The highest BCUT2D eigenvalue weighted by Gasteiger charge is 2.15. The first kappa shape index (κ1) is 21.3. The summed E-state index contributed by atoms with van der Waals surface area (Å²) in [6.07, 6.45) is 5.44. The van der Waals surface area contributed by atoms with Gasteiger partial charge in [0.1, 0.15) is 11.5 Å². The first-order valence-electron chi connectivity index (χ1n) is 9.66. The van der Waals surface area contributed by atoms with Crippen molar-refractivity contribution in [2.45, 2.75) is 63.9 Å². The molecule has 4 nitrogen and oxygen atoms in total. The second kappa shape index (κ2) is 9.79. The van der Waals surface area contributed by atoms with Crippen molar-refractivity contribution in [3.63, 3.8) is 0 Å². The molecule has 0 saturated carbocycles. The van der Waals surface area contributed by atoms with E-state index in [0.29, 0.717) is 11.1 Å². The summed E-state index contributed by atoms with van der Waals surface area (Å²) in [4.78, 5) is 0. The van der Waals surface area contributed by atoms with Crippen LogP contribution >= 0.6 is 0 Å². The van der Waals surface area contributed by atoms with E-state index in [1.54, 1.807) is 36.4 Å². The minimum Gasteiger partial charge on any atom is -0.508 e. The zero-order valence-corrected chi connectivity index (χ0v) is 17.1. The maximum Gasteiger partial charge on any atom is 0.158 e. The molecule has 0 heterocycles. The van der Waals surface area contributed by atoms with E-state index in [2.05, 4.69) is 13.8 Å². The number of phenolic OH excluding ortho intramolecular Hbond substituents is 2. The molecule has 2 aromatic carbocycles. The summed E-state index contributed by atoms with van der Waals surface area (Å²) in [5.41, 5.74) is 3.00. The number of rotatable bonds is 10. The first-order chi connectivity index (χ1) is 12.8. The van der Waals surface area contributed by atoms with Crippen LogP contribution in [0.1, 0.15) is 61.8 Å². The van der Waals surface area contributed by atoms with Crippen LogP contribution in [0.5, 0.6) is 11.5 Å². The molecular formula is C22H30O4S. The van der Waals surface area contributed by atoms with Crippen LogP contribution in [-0.4, -0.2) is 18.6 Å². The molecule has 2 N–H and O–H groups in total. The Bertz CT molecular complexity index is 791. The van der Waals surface area contributed by atoms with Crippen molar-refractivity contribution >= 4 is 9.84 Å². The molecule has 5 heteroatoms. The molecule has 0 amide bonds. The summed E-state index contributed by atoms with van der Waals surface area (Å²) in [6, 6.07) is 10.1. The van der Waals surface area contributed by atoms with Gasteiger partial charge in [-0.05, 0) is 60.1 Å². The number of hydrogen-bond donors (Lipinski definition) is 2. The highest BCUT2D eigenvalue weighted by molar-refractivity contribution is 7.89. The van der Waals surface area contributed by atoms with Crippen LogP contribution in [0.4, 0.5) is 0 Å². The van der Waals surface area contributed by atoms with Gasteiger partial charge in [0.15, 0.2) is 9.84 Å². The van der Waals surface area contributed by atoms with E-state index in [-0.39, 0.29) is 23.0 Å². The fourth-order valence-corrected chi connectivity index (χ4v) is 4.63. The van der Waals surface area contributed by atoms with Crippen LogP contribution in [0.3, 0.4) is 0 Å². The number of hydrogen-bond acceptors (Lipinski definition) is 4. The molecule has 0 spiro atoms. The number of phenols is 2. The Kier molecular flexibility index (Phi) is 7.72. The second-order valence-electron chi connectivity index (χ2n) is 7.17. The SMILES string of the molecule is CCCCc1cc(CS(=O)(=O)Cc2ccc(O)c(CCCC)c2)ccc1O. The molecule has 0 aromatic heterocycles. The Morgan fingerprint density at radius 3 is 1.52 bits per heavy atom. The van der Waals surface area contributed by atoms with Crippen LogP contribution in [0.25, 0.3) is 0 Å². The van der Waals surface area contributed by atoms with Crippen molar-refractivity contribution in [1.29, 1.82) is 0 Å². The normalized spacial score (nSPS) is 11.6. The third-order valence-corrected chi connectivity index (χ3v) is 6.21. The van der Waals surface area contributed by atoms with Crippen molar-refractivity contribution in [3.05, 3.63) is 58.7 Å². The van der Waals surface area contributed by atoms with Gasteiger partial charge in [-0.3, -0.25) is 0 Å². The standard InChI is InChI=1S/C22H30O4S/c1-3-5-7-19-13-17(9-11-21(19)23)15-27(25,26)16-18-10-12-22(24)20(14-18)8-6-4-2/h9-14,23-24H,3-8,15-16H2,1-2H3. The lowest BCUT2D eigenvalue weighted by atomic mass is 10.0. The van der Waals surface area contributed by atoms with Crippen LogP contribution in [0.15, 0.2) is 36.4 Å². The van der Waals surface area contributed by atoms with E-state index in [1.807, 2.05) is 0 Å². The van der Waals surface area contributed by atoms with Crippen LogP contribution < -0.4 is 0 Å². The average molecular weight is 391 g/mol. The maximum atomic E-state index is 12.7. The van der Waals surface area contributed by atoms with E-state index >= 15 is 0 Å². The average Bonchev–Trinajstić information content (AvgIpc) is 2.62. The number of aryl methyl sites for hydroxylation is 2. The lowest BCUT2D eigenvalue weighted by Crippen LogP contribution is -2.08. The van der Waals surface area contributed by atoms with Crippen molar-refractivity contribution < 1.29 is 18.6 Å². The molecule has 148 valence electrons. The molecule has 0 bridgehead atoms. The maximum absolute atomic E-state index is 12.7. The van der Waals surface area contributed by atoms with Crippen molar-refractivity contribution in [2.24, 2.45) is 0 Å². The van der Waals surface area contributed by atoms with Gasteiger partial charge in [-0.2, -0.15) is 0 Å². The van der Waals surface area contributed by atoms with Gasteiger partial charge in [0.2, 0.25) is 0 Å². The highest BCUT2D eigenvalue weighted by Crippen LogP contribution is 2.25. The molecule has 2 rings (SSSR count). The number of sulfone groups is 1. The Balaban J connectivity index is 2.13. The minimum atomic E-state index is -3.35. The molecule has 0 atom stereocenters. The Hall–Kier alpha value is -2.01. The molecular weight excluding hydrogens is 360 g/mol. The van der Waals surface area contributed by atoms with Gasteiger partial charge >= 0.3 is 0 Å². The molecule has 0 unspecified atom stereocenters. The van der Waals surface area contributed by atoms with E-state index < -0.39 is 9.84 Å². The van der Waals surface area contributed by atoms with Gasteiger partial charge in [-0.1, -0.05) is 51.0 Å². The van der Waals surface area contributed by atoms with E-state index in [1.165, 1.54) is 0 Å². The van der Waals surface area contributed by atoms with Crippen LogP contribution in [0, 0.1) is 0 Å². The topological polar surface area (TPSA) is 74.6 Å². The van der Waals surface area contributed by atoms with Crippen molar-refractivity contribution in [1.82, 2.24) is 0 Å². The van der Waals surface area contributed by atoms with E-state index in [9.17, 15) is 18.6 Å². The molecule has 0 fully saturated rings. The third-order valence-electron chi connectivity index (χ3n) is 4.66. The monoisotopic (exact) mass is 390 g/mol. The summed E-state index contributed by atoms with van der Waals surface area (Å²) in [5, 5.41) is 19.9. The highest BCUT2D eigenvalue weighted by atomic mass is 32.2. The van der Waals surface area contributed by atoms with E-state index in [0.717, 1.165) is 49.7 Å². The third kappa shape index (κ3) is 6.58. The second-order valence-corrected chi connectivity index (χ2v) is 9.23. The van der Waals surface area contributed by atoms with Gasteiger partial charge in [-0.25, -0.2) is 8.42 Å². The molecule has 0 aliphatic carbocycles. The summed E-state index contributed by atoms with van der Waals surface area (Å²) in [5.74, 6) is 0.335. The molecule has 2 aromatic rings. The van der Waals surface area contributed by atoms with Gasteiger partial charge in [-0.15, -0.1) is 0 Å². The van der Waals surface area contributed by atoms with Crippen molar-refractivity contribution in [3.8, 4) is 11.5 Å². The fraction of sp³-hybridized carbons (Fsp3) is 0.455. The molecule has 0 aliphatic rings. The lowest BCUT2D eigenvalue weighted by molar-refractivity contribution is 0.466. The van der Waals surface area contributed by atoms with E-state index in [4.69, 9.17) is 0 Å². The minimum absolute atomic E-state index is 0.0580. The number of unbranched alkanes of at least 4 members (excludes halogenated alkanes) is 2. The van der Waals surface area contributed by atoms with Crippen molar-refractivity contribution in [2.75, 3.05) is 0 Å². The number of aromatic hydroxyl groups is 2. The van der Waals surface area contributed by atoms with Crippen LogP contribution in [-0.2, 0) is 34.2 Å². The largest absolute Gasteiger partial charge is 0.508 e. The van der Waals surface area contributed by atoms with Gasteiger partial charge in [0, 0.05) is 0 Å².